The molecule has 1 N–H and O–H groups in total. The standard InChI is InChI=1S/C8H13NO2/c9-6-7(10)8-4-2-1-3-5-11-8/h6,8-9H,1-5H2. The molecule has 1 aliphatic rings. The van der Waals surface area contributed by atoms with Crippen LogP contribution in [-0.2, 0) is 9.53 Å². The number of nitrogens with one attached hydrogen (secondary N) is 1. The molecular formula is C8H13NO2. The molecule has 1 aliphatic heterocycles. The highest BCUT2D eigenvalue weighted by atomic mass is 16.5. The number of hydrogen-bond donors (Lipinski definition) is 1. The first-order chi connectivity index (χ1) is 5.34. The Kier molecular flexibility index (Phi) is 3.23. The molecule has 11 heavy (non-hydrogen) atoms. The highest BCUT2D eigenvalue weighted by Crippen LogP contribution is 2.12. The van der Waals surface area contributed by atoms with Gasteiger partial charge in [-0.25, -0.2) is 0 Å². The number of ether oxygens (including phenoxy) is 1. The smallest absolute Gasteiger partial charge is 0.201 e. The van der Waals surface area contributed by atoms with E-state index in [1.165, 1.54) is 0 Å². The van der Waals surface area contributed by atoms with E-state index in [2.05, 4.69) is 0 Å². The van der Waals surface area contributed by atoms with Crippen molar-refractivity contribution in [2.24, 2.45) is 0 Å². The average Bonchev–Trinajstić information content (AvgIpc) is 2.30. The topological polar surface area (TPSA) is 50.2 Å². The summed E-state index contributed by atoms with van der Waals surface area (Å²) in [4.78, 5) is 11.0. The fourth-order valence-electron chi connectivity index (χ4n) is 1.23. The van der Waals surface area contributed by atoms with Crippen molar-refractivity contribution >= 4 is 12.0 Å². The van der Waals surface area contributed by atoms with Crippen LogP contribution in [0.5, 0.6) is 0 Å². The monoisotopic (exact) mass is 155 g/mol. The Labute approximate surface area is 66.2 Å². The van der Waals surface area contributed by atoms with E-state index in [-0.39, 0.29) is 11.9 Å². The van der Waals surface area contributed by atoms with Crippen LogP contribution in [0.25, 0.3) is 0 Å². The molecule has 0 spiro atoms. The van der Waals surface area contributed by atoms with Gasteiger partial charge in [-0.3, -0.25) is 4.79 Å². The Hall–Kier alpha value is -0.700. The van der Waals surface area contributed by atoms with Crippen molar-refractivity contribution < 1.29 is 9.53 Å². The molecule has 0 aliphatic carbocycles. The summed E-state index contributed by atoms with van der Waals surface area (Å²) in [7, 11) is 0. The molecular weight excluding hydrogens is 142 g/mol. The third-order valence-electron chi connectivity index (χ3n) is 1.89. The van der Waals surface area contributed by atoms with Gasteiger partial charge in [-0.1, -0.05) is 12.8 Å². The second kappa shape index (κ2) is 4.23. The summed E-state index contributed by atoms with van der Waals surface area (Å²) in [6.45, 7) is 0.671. The van der Waals surface area contributed by atoms with Crippen LogP contribution in [0.1, 0.15) is 25.7 Å². The lowest BCUT2D eigenvalue weighted by atomic mass is 10.1. The maximum Gasteiger partial charge on any atom is 0.201 e. The molecule has 3 heteroatoms. The zero-order valence-electron chi connectivity index (χ0n) is 6.51. The van der Waals surface area contributed by atoms with E-state index in [1.807, 2.05) is 0 Å². The van der Waals surface area contributed by atoms with Gasteiger partial charge in [0, 0.05) is 6.61 Å². The Morgan fingerprint density at radius 1 is 1.45 bits per heavy atom. The molecule has 0 radical (unpaired) electrons. The Balaban J connectivity index is 2.42. The van der Waals surface area contributed by atoms with E-state index in [0.29, 0.717) is 6.61 Å². The Morgan fingerprint density at radius 3 is 3.00 bits per heavy atom. The maximum absolute atomic E-state index is 11.0. The third-order valence-corrected chi connectivity index (χ3v) is 1.89. The van der Waals surface area contributed by atoms with Crippen molar-refractivity contribution in [3.8, 4) is 0 Å². The molecule has 0 aromatic rings. The Morgan fingerprint density at radius 2 is 2.27 bits per heavy atom. The lowest BCUT2D eigenvalue weighted by Gasteiger charge is -2.09. The van der Waals surface area contributed by atoms with Gasteiger partial charge in [0.15, 0.2) is 0 Å². The normalized spacial score (nSPS) is 25.6. The van der Waals surface area contributed by atoms with Crippen molar-refractivity contribution in [3.05, 3.63) is 0 Å². The van der Waals surface area contributed by atoms with Gasteiger partial charge in [0.05, 0.1) is 6.21 Å². The highest BCUT2D eigenvalue weighted by molar-refractivity contribution is 6.28. The number of rotatable bonds is 2. The highest BCUT2D eigenvalue weighted by Gasteiger charge is 2.18. The predicted molar refractivity (Wildman–Crippen MR) is 42.0 cm³/mol. The molecule has 1 unspecified atom stereocenters. The quantitative estimate of drug-likeness (QED) is 0.608. The van der Waals surface area contributed by atoms with Crippen LogP contribution in [0.3, 0.4) is 0 Å². The molecule has 1 fully saturated rings. The largest absolute Gasteiger partial charge is 0.370 e. The van der Waals surface area contributed by atoms with Crippen LogP contribution in [0.15, 0.2) is 0 Å². The van der Waals surface area contributed by atoms with E-state index < -0.39 is 0 Å². The van der Waals surface area contributed by atoms with Gasteiger partial charge in [-0.2, -0.15) is 0 Å². The van der Waals surface area contributed by atoms with Crippen molar-refractivity contribution in [2.45, 2.75) is 31.8 Å². The molecule has 1 rings (SSSR count). The van der Waals surface area contributed by atoms with Crippen molar-refractivity contribution in [2.75, 3.05) is 6.61 Å². The first kappa shape index (κ1) is 8.40. The molecule has 0 aromatic heterocycles. The van der Waals surface area contributed by atoms with Gasteiger partial charge in [0.25, 0.3) is 0 Å². The number of hydrogen-bond acceptors (Lipinski definition) is 3. The minimum absolute atomic E-state index is 0.188. The van der Waals surface area contributed by atoms with Gasteiger partial charge in [0.2, 0.25) is 5.78 Å². The second-order valence-corrected chi connectivity index (χ2v) is 2.76. The lowest BCUT2D eigenvalue weighted by Crippen LogP contribution is -2.24. The lowest BCUT2D eigenvalue weighted by molar-refractivity contribution is -0.123. The molecule has 3 nitrogen and oxygen atoms in total. The number of carbonyl (C=O) groups is 1. The second-order valence-electron chi connectivity index (χ2n) is 2.76. The number of carbonyl (C=O) groups excluding carboxylic acids is 1. The summed E-state index contributed by atoms with van der Waals surface area (Å²) in [5.74, 6) is -0.188. The summed E-state index contributed by atoms with van der Waals surface area (Å²) in [5.41, 5.74) is 0. The van der Waals surface area contributed by atoms with E-state index in [9.17, 15) is 4.79 Å². The first-order valence-corrected chi connectivity index (χ1v) is 4.00. The molecule has 1 atom stereocenters. The maximum atomic E-state index is 11.0. The van der Waals surface area contributed by atoms with Crippen LogP contribution in [-0.4, -0.2) is 24.7 Å². The van der Waals surface area contributed by atoms with Crippen LogP contribution in [0.2, 0.25) is 0 Å². The molecule has 0 amide bonds. The van der Waals surface area contributed by atoms with Crippen molar-refractivity contribution in [1.29, 1.82) is 5.41 Å². The van der Waals surface area contributed by atoms with E-state index in [4.69, 9.17) is 10.1 Å². The van der Waals surface area contributed by atoms with Crippen LogP contribution in [0.4, 0.5) is 0 Å². The van der Waals surface area contributed by atoms with Crippen molar-refractivity contribution in [3.63, 3.8) is 0 Å². The molecule has 1 saturated heterocycles. The van der Waals surface area contributed by atoms with Gasteiger partial charge in [-0.05, 0) is 12.8 Å². The van der Waals surface area contributed by atoms with E-state index >= 15 is 0 Å². The van der Waals surface area contributed by atoms with E-state index in [0.717, 1.165) is 31.9 Å². The van der Waals surface area contributed by atoms with Gasteiger partial charge >= 0.3 is 0 Å². The van der Waals surface area contributed by atoms with Crippen LogP contribution in [0, 0.1) is 5.41 Å². The number of Topliss-reactive ketones (excluding diaryl/α,β-unsaturated/α-hetero) is 1. The van der Waals surface area contributed by atoms with Gasteiger partial charge < -0.3 is 10.1 Å². The molecule has 0 bridgehead atoms. The fraction of sp³-hybridized carbons (Fsp3) is 0.750. The number of ketones is 1. The summed E-state index contributed by atoms with van der Waals surface area (Å²) in [6, 6.07) is 0. The van der Waals surface area contributed by atoms with Gasteiger partial charge in [-0.15, -0.1) is 0 Å². The SMILES string of the molecule is N=CC(=O)C1CCCCCO1. The van der Waals surface area contributed by atoms with Gasteiger partial charge in [0.1, 0.15) is 6.10 Å². The van der Waals surface area contributed by atoms with Crippen LogP contribution >= 0.6 is 0 Å². The fourth-order valence-corrected chi connectivity index (χ4v) is 1.23. The summed E-state index contributed by atoms with van der Waals surface area (Å²) < 4.78 is 5.25. The predicted octanol–water partition coefficient (Wildman–Crippen LogP) is 1.16. The molecule has 0 saturated carbocycles. The minimum atomic E-state index is -0.324. The summed E-state index contributed by atoms with van der Waals surface area (Å²) in [5, 5.41) is 6.76. The molecule has 0 aromatic carbocycles. The zero-order chi connectivity index (χ0) is 8.10. The summed E-state index contributed by atoms with van der Waals surface area (Å²) >= 11 is 0. The van der Waals surface area contributed by atoms with E-state index in [1.54, 1.807) is 0 Å². The molecule has 1 heterocycles. The average molecular weight is 155 g/mol. The minimum Gasteiger partial charge on any atom is -0.370 e. The first-order valence-electron chi connectivity index (χ1n) is 4.00. The van der Waals surface area contributed by atoms with Crippen molar-refractivity contribution in [1.82, 2.24) is 0 Å². The Bertz CT molecular complexity index is 148. The third kappa shape index (κ3) is 2.42. The molecule has 62 valence electrons. The summed E-state index contributed by atoms with van der Waals surface area (Å²) in [6.07, 6.45) is 4.55. The zero-order valence-corrected chi connectivity index (χ0v) is 6.51. The van der Waals surface area contributed by atoms with Crippen LogP contribution < -0.4 is 0 Å².